The highest BCUT2D eigenvalue weighted by Gasteiger charge is 2.11. The summed E-state index contributed by atoms with van der Waals surface area (Å²) in [5.41, 5.74) is 0. The normalized spacial score (nSPS) is 12.4. The van der Waals surface area contributed by atoms with E-state index in [-0.39, 0.29) is 11.9 Å². The van der Waals surface area contributed by atoms with Crippen LogP contribution in [0.5, 0.6) is 0 Å². The predicted molar refractivity (Wildman–Crippen MR) is 220 cm³/mol. The monoisotopic (exact) mass is 709 g/mol. The van der Waals surface area contributed by atoms with Gasteiger partial charge in [-0.05, 0) is 43.4 Å². The fourth-order valence-corrected chi connectivity index (χ4v) is 6.53. The summed E-state index contributed by atoms with van der Waals surface area (Å²) >= 11 is 0. The molecule has 0 N–H and O–H groups in total. The molecule has 0 fully saturated rings. The lowest BCUT2D eigenvalue weighted by atomic mass is 10.0. The number of unbranched alkanes of at least 4 members (excludes halogenated alkanes) is 21. The van der Waals surface area contributed by atoms with Crippen LogP contribution in [-0.2, 0) is 19.1 Å². The summed E-state index contributed by atoms with van der Waals surface area (Å²) in [6.45, 7) is 17.0. The highest BCUT2D eigenvalue weighted by atomic mass is 16.5. The molecule has 0 radical (unpaired) electrons. The maximum Gasteiger partial charge on any atom is 0.305 e. The van der Waals surface area contributed by atoms with Crippen LogP contribution >= 0.6 is 0 Å². The predicted octanol–water partition coefficient (Wildman–Crippen LogP) is 15.5. The van der Waals surface area contributed by atoms with E-state index < -0.39 is 0 Å². The van der Waals surface area contributed by atoms with Gasteiger partial charge in [0.2, 0.25) is 0 Å². The van der Waals surface area contributed by atoms with Crippen molar-refractivity contribution in [3.05, 3.63) is 0 Å². The minimum atomic E-state index is 0.0119. The minimum Gasteiger partial charge on any atom is -0.465 e. The number of hydrogen-bond acceptors (Lipinski definition) is 4. The van der Waals surface area contributed by atoms with Gasteiger partial charge < -0.3 is 9.47 Å². The molecule has 0 aromatic heterocycles. The number of esters is 2. The quantitative estimate of drug-likeness (QED) is 0.0476. The van der Waals surface area contributed by atoms with Gasteiger partial charge in [-0.1, -0.05) is 215 Å². The number of ether oxygens (including phenoxy) is 2. The van der Waals surface area contributed by atoms with E-state index in [2.05, 4.69) is 48.5 Å². The van der Waals surface area contributed by atoms with Crippen molar-refractivity contribution in [1.82, 2.24) is 0 Å². The summed E-state index contributed by atoms with van der Waals surface area (Å²) in [7, 11) is 0. The molecule has 0 aliphatic rings. The van der Waals surface area contributed by atoms with Crippen molar-refractivity contribution in [2.45, 2.75) is 254 Å². The van der Waals surface area contributed by atoms with E-state index in [0.717, 1.165) is 31.6 Å². The number of carbonyl (C=O) groups is 2. The molecule has 0 heterocycles. The van der Waals surface area contributed by atoms with Gasteiger partial charge in [-0.25, -0.2) is 0 Å². The van der Waals surface area contributed by atoms with Gasteiger partial charge in [0.25, 0.3) is 0 Å². The molecule has 0 aliphatic heterocycles. The zero-order valence-corrected chi connectivity index (χ0v) is 35.4. The summed E-state index contributed by atoms with van der Waals surface area (Å²) < 4.78 is 10.9. The highest BCUT2D eigenvalue weighted by molar-refractivity contribution is 5.69. The van der Waals surface area contributed by atoms with Crippen LogP contribution in [0, 0.1) is 17.8 Å². The van der Waals surface area contributed by atoms with Crippen LogP contribution in [-0.4, -0.2) is 25.2 Å². The van der Waals surface area contributed by atoms with Gasteiger partial charge in [-0.15, -0.1) is 0 Å². The zero-order chi connectivity index (χ0) is 37.3. The largest absolute Gasteiger partial charge is 0.465 e. The summed E-state index contributed by atoms with van der Waals surface area (Å²) in [5.74, 6) is 2.02. The molecule has 300 valence electrons. The topological polar surface area (TPSA) is 52.6 Å². The van der Waals surface area contributed by atoms with E-state index in [4.69, 9.17) is 9.47 Å². The Morgan fingerprint density at radius 2 is 0.680 bits per heavy atom. The molecule has 4 heteroatoms. The lowest BCUT2D eigenvalue weighted by molar-refractivity contribution is -0.146. The van der Waals surface area contributed by atoms with Gasteiger partial charge in [-0.3, -0.25) is 9.59 Å². The second-order valence-corrected chi connectivity index (χ2v) is 16.0. The molecule has 4 nitrogen and oxygen atoms in total. The van der Waals surface area contributed by atoms with Crippen molar-refractivity contribution in [3.8, 4) is 0 Å². The summed E-state index contributed by atoms with van der Waals surface area (Å²) in [6, 6.07) is 0. The first-order valence-corrected chi connectivity index (χ1v) is 22.6. The molecule has 50 heavy (non-hydrogen) atoms. The standard InChI is InChI=1S/C26H52O2.C20H40O2/c1-5-7-21-25(6-2)23-28-26(27)22-19-17-15-13-11-9-8-10-12-14-16-18-20-24(3)4;1-4-7-9-10-11-12-13-14-15-17-20(21)22-18-19(6-3)16-8-5-2/h24-25H,5-23H2,1-4H3;19H,4-18H2,1-3H3. The van der Waals surface area contributed by atoms with Gasteiger partial charge in [0.05, 0.1) is 13.2 Å². The Morgan fingerprint density at radius 1 is 0.380 bits per heavy atom. The highest BCUT2D eigenvalue weighted by Crippen LogP contribution is 2.17. The molecule has 0 bridgehead atoms. The Balaban J connectivity index is 0. The van der Waals surface area contributed by atoms with Crippen LogP contribution in [0.15, 0.2) is 0 Å². The van der Waals surface area contributed by atoms with Gasteiger partial charge in [0, 0.05) is 12.8 Å². The second kappa shape index (κ2) is 42.4. The summed E-state index contributed by atoms with van der Waals surface area (Å²) in [4.78, 5) is 23.6. The molecule has 2 atom stereocenters. The first-order valence-electron chi connectivity index (χ1n) is 22.6. The molecule has 0 spiro atoms. The first-order chi connectivity index (χ1) is 24.3. The van der Waals surface area contributed by atoms with Crippen molar-refractivity contribution < 1.29 is 19.1 Å². The average Bonchev–Trinajstić information content (AvgIpc) is 3.11. The third-order valence-electron chi connectivity index (χ3n) is 10.4. The van der Waals surface area contributed by atoms with E-state index in [1.54, 1.807) is 0 Å². The fraction of sp³-hybridized carbons (Fsp3) is 0.957. The first kappa shape index (κ1) is 51.0. The van der Waals surface area contributed by atoms with Crippen molar-refractivity contribution in [2.24, 2.45) is 17.8 Å². The maximum absolute atomic E-state index is 11.8. The van der Waals surface area contributed by atoms with Crippen molar-refractivity contribution in [1.29, 1.82) is 0 Å². The SMILES string of the molecule is CCCCC(CC)COC(=O)CCCCCCCCCCCCCCC(C)C.CCCCCCCCCCCC(=O)OCC(CC)CCCC. The summed E-state index contributed by atoms with van der Waals surface area (Å²) in [6.07, 6.45) is 39.9. The van der Waals surface area contributed by atoms with E-state index >= 15 is 0 Å². The Hall–Kier alpha value is -1.06. The van der Waals surface area contributed by atoms with E-state index in [1.165, 1.54) is 167 Å². The molecular formula is C46H92O4. The second-order valence-electron chi connectivity index (χ2n) is 16.0. The Bertz CT molecular complexity index is 675. The van der Waals surface area contributed by atoms with Crippen LogP contribution in [0.25, 0.3) is 0 Å². The fourth-order valence-electron chi connectivity index (χ4n) is 6.53. The maximum atomic E-state index is 11.8. The molecule has 0 saturated heterocycles. The van der Waals surface area contributed by atoms with Gasteiger partial charge in [0.15, 0.2) is 0 Å². The number of rotatable bonds is 37. The van der Waals surface area contributed by atoms with Crippen LogP contribution in [0.2, 0.25) is 0 Å². The third-order valence-corrected chi connectivity index (χ3v) is 10.4. The van der Waals surface area contributed by atoms with Crippen LogP contribution < -0.4 is 0 Å². The van der Waals surface area contributed by atoms with Gasteiger partial charge in [-0.2, -0.15) is 0 Å². The van der Waals surface area contributed by atoms with E-state index in [9.17, 15) is 9.59 Å². The Morgan fingerprint density at radius 3 is 0.980 bits per heavy atom. The van der Waals surface area contributed by atoms with Crippen LogP contribution in [0.1, 0.15) is 254 Å². The summed E-state index contributed by atoms with van der Waals surface area (Å²) in [5, 5.41) is 0. The van der Waals surface area contributed by atoms with Crippen LogP contribution in [0.3, 0.4) is 0 Å². The van der Waals surface area contributed by atoms with Crippen molar-refractivity contribution in [2.75, 3.05) is 13.2 Å². The molecule has 0 aliphatic carbocycles. The molecule has 2 unspecified atom stereocenters. The average molecular weight is 709 g/mol. The third kappa shape index (κ3) is 41.4. The molecular weight excluding hydrogens is 617 g/mol. The molecule has 0 amide bonds. The van der Waals surface area contributed by atoms with E-state index in [1.807, 2.05) is 0 Å². The molecule has 0 saturated carbocycles. The lowest BCUT2D eigenvalue weighted by Gasteiger charge is -2.14. The van der Waals surface area contributed by atoms with E-state index in [0.29, 0.717) is 37.9 Å². The number of hydrogen-bond donors (Lipinski definition) is 0. The minimum absolute atomic E-state index is 0.0119. The van der Waals surface area contributed by atoms with Crippen molar-refractivity contribution >= 4 is 11.9 Å². The molecule has 0 aromatic carbocycles. The van der Waals surface area contributed by atoms with Gasteiger partial charge in [0.1, 0.15) is 0 Å². The van der Waals surface area contributed by atoms with Crippen molar-refractivity contribution in [3.63, 3.8) is 0 Å². The Kier molecular flexibility index (Phi) is 43.2. The molecule has 0 rings (SSSR count). The number of carbonyl (C=O) groups excluding carboxylic acids is 2. The van der Waals surface area contributed by atoms with Crippen LogP contribution in [0.4, 0.5) is 0 Å². The smallest absolute Gasteiger partial charge is 0.305 e. The lowest BCUT2D eigenvalue weighted by Crippen LogP contribution is -2.13. The molecule has 0 aromatic rings. The Labute approximate surface area is 315 Å². The van der Waals surface area contributed by atoms with Gasteiger partial charge >= 0.3 is 11.9 Å². The zero-order valence-electron chi connectivity index (χ0n) is 35.4.